The molecule has 2 heterocycles. The summed E-state index contributed by atoms with van der Waals surface area (Å²) in [6.45, 7) is 3.46. The van der Waals surface area contributed by atoms with Crippen LogP contribution in [-0.2, 0) is 14.8 Å². The van der Waals surface area contributed by atoms with Gasteiger partial charge in [0, 0.05) is 50.0 Å². The van der Waals surface area contributed by atoms with E-state index < -0.39 is 10.0 Å². The van der Waals surface area contributed by atoms with E-state index in [-0.39, 0.29) is 28.2 Å². The molecule has 0 N–H and O–H groups in total. The first-order chi connectivity index (χ1) is 15.3. The van der Waals surface area contributed by atoms with E-state index in [0.29, 0.717) is 44.3 Å². The largest absolute Gasteiger partial charge is 0.482 e. The molecule has 172 valence electrons. The van der Waals surface area contributed by atoms with Gasteiger partial charge in [-0.05, 0) is 49.2 Å². The van der Waals surface area contributed by atoms with Crippen LogP contribution in [0.1, 0.15) is 12.8 Å². The molecule has 0 atom stereocenters. The van der Waals surface area contributed by atoms with Gasteiger partial charge in [-0.2, -0.15) is 4.31 Å². The molecule has 1 amide bonds. The summed E-state index contributed by atoms with van der Waals surface area (Å²) >= 11 is 12.3. The highest BCUT2D eigenvalue weighted by Crippen LogP contribution is 2.30. The zero-order valence-electron chi connectivity index (χ0n) is 17.5. The maximum Gasteiger partial charge on any atom is 0.260 e. The van der Waals surface area contributed by atoms with Crippen LogP contribution in [0.25, 0.3) is 0 Å². The average molecular weight is 498 g/mol. The average Bonchev–Trinajstić information content (AvgIpc) is 3.34. The van der Waals surface area contributed by atoms with Crippen molar-refractivity contribution in [2.45, 2.75) is 17.7 Å². The highest BCUT2D eigenvalue weighted by Gasteiger charge is 2.28. The zero-order valence-corrected chi connectivity index (χ0v) is 19.9. The lowest BCUT2D eigenvalue weighted by atomic mass is 10.2. The Morgan fingerprint density at radius 3 is 2.31 bits per heavy atom. The molecule has 4 rings (SSSR count). The molecule has 0 aliphatic carbocycles. The van der Waals surface area contributed by atoms with Gasteiger partial charge in [0.1, 0.15) is 5.75 Å². The molecule has 7 nitrogen and oxygen atoms in total. The van der Waals surface area contributed by atoms with E-state index in [9.17, 15) is 13.2 Å². The Kier molecular flexibility index (Phi) is 7.14. The van der Waals surface area contributed by atoms with E-state index in [1.807, 2.05) is 24.3 Å². The minimum absolute atomic E-state index is 0.138. The molecule has 0 spiro atoms. The van der Waals surface area contributed by atoms with Crippen LogP contribution in [0.15, 0.2) is 47.4 Å². The van der Waals surface area contributed by atoms with Gasteiger partial charge in [0.25, 0.3) is 5.91 Å². The number of sulfonamides is 1. The summed E-state index contributed by atoms with van der Waals surface area (Å²) < 4.78 is 32.4. The fraction of sp³-hybridized carbons (Fsp3) is 0.409. The van der Waals surface area contributed by atoms with Crippen LogP contribution in [0.3, 0.4) is 0 Å². The molecule has 10 heteroatoms. The maximum absolute atomic E-state index is 12.7. The highest BCUT2D eigenvalue weighted by atomic mass is 35.5. The van der Waals surface area contributed by atoms with Crippen LogP contribution in [0, 0.1) is 0 Å². The summed E-state index contributed by atoms with van der Waals surface area (Å²) in [4.78, 5) is 16.7. The number of amides is 1. The number of hydrogen-bond donors (Lipinski definition) is 0. The third-order valence-corrected chi connectivity index (χ3v) is 8.19. The molecule has 2 aliphatic rings. The number of benzene rings is 2. The molecule has 0 aromatic heterocycles. The summed E-state index contributed by atoms with van der Waals surface area (Å²) in [6.07, 6.45) is 1.73. The molecule has 2 aromatic carbocycles. The van der Waals surface area contributed by atoms with Crippen molar-refractivity contribution in [3.05, 3.63) is 52.5 Å². The normalized spacial score (nSPS) is 17.6. The molecular weight excluding hydrogens is 473 g/mol. The number of piperazine rings is 1. The summed E-state index contributed by atoms with van der Waals surface area (Å²) in [6, 6.07) is 12.0. The predicted molar refractivity (Wildman–Crippen MR) is 125 cm³/mol. The highest BCUT2D eigenvalue weighted by molar-refractivity contribution is 7.89. The fourth-order valence-electron chi connectivity index (χ4n) is 3.95. The van der Waals surface area contributed by atoms with Crippen LogP contribution >= 0.6 is 23.2 Å². The maximum atomic E-state index is 12.7. The fourth-order valence-corrected chi connectivity index (χ4v) is 5.98. The first-order valence-electron chi connectivity index (χ1n) is 10.6. The van der Waals surface area contributed by atoms with Gasteiger partial charge >= 0.3 is 0 Å². The summed E-state index contributed by atoms with van der Waals surface area (Å²) in [7, 11) is -3.55. The summed E-state index contributed by atoms with van der Waals surface area (Å²) in [5.41, 5.74) is 1.04. The smallest absolute Gasteiger partial charge is 0.260 e. The van der Waals surface area contributed by atoms with E-state index in [1.54, 1.807) is 4.90 Å². The molecule has 0 saturated carbocycles. The Labute approximate surface area is 198 Å². The lowest BCUT2D eigenvalue weighted by molar-refractivity contribution is -0.133. The Hall–Kier alpha value is -2.00. The van der Waals surface area contributed by atoms with Gasteiger partial charge in [-0.3, -0.25) is 4.79 Å². The number of hydrogen-bond acceptors (Lipinski definition) is 5. The number of carbonyl (C=O) groups is 1. The van der Waals surface area contributed by atoms with Crippen molar-refractivity contribution in [2.24, 2.45) is 0 Å². The number of rotatable bonds is 6. The van der Waals surface area contributed by atoms with Crippen molar-refractivity contribution < 1.29 is 17.9 Å². The van der Waals surface area contributed by atoms with Gasteiger partial charge in [0.2, 0.25) is 10.0 Å². The lowest BCUT2D eigenvalue weighted by Gasteiger charge is -2.36. The molecule has 2 saturated heterocycles. The topological polar surface area (TPSA) is 70.2 Å². The van der Waals surface area contributed by atoms with Crippen LogP contribution in [0.2, 0.25) is 10.0 Å². The quantitative estimate of drug-likeness (QED) is 0.610. The first-order valence-corrected chi connectivity index (χ1v) is 12.7. The Balaban J connectivity index is 1.31. The van der Waals surface area contributed by atoms with Gasteiger partial charge in [-0.25, -0.2) is 8.42 Å². The molecule has 0 bridgehead atoms. The summed E-state index contributed by atoms with van der Waals surface area (Å²) in [5.74, 6) is 0.151. The van der Waals surface area contributed by atoms with Gasteiger partial charge in [0.05, 0.1) is 9.92 Å². The number of halogens is 2. The Bertz CT molecular complexity index is 1080. The number of nitrogens with zero attached hydrogens (tertiary/aromatic N) is 3. The molecule has 0 unspecified atom stereocenters. The van der Waals surface area contributed by atoms with E-state index in [0.717, 1.165) is 18.5 Å². The molecule has 32 heavy (non-hydrogen) atoms. The monoisotopic (exact) mass is 497 g/mol. The second-order valence-electron chi connectivity index (χ2n) is 7.84. The van der Waals surface area contributed by atoms with E-state index >= 15 is 0 Å². The van der Waals surface area contributed by atoms with Gasteiger partial charge in [-0.1, -0.05) is 29.3 Å². The van der Waals surface area contributed by atoms with Crippen molar-refractivity contribution in [2.75, 3.05) is 50.8 Å². The zero-order chi connectivity index (χ0) is 22.7. The third-order valence-electron chi connectivity index (χ3n) is 5.76. The molecule has 0 radical (unpaired) electrons. The van der Waals surface area contributed by atoms with Crippen LogP contribution < -0.4 is 9.64 Å². The third kappa shape index (κ3) is 5.14. The van der Waals surface area contributed by atoms with Gasteiger partial charge < -0.3 is 14.5 Å². The van der Waals surface area contributed by atoms with E-state index in [4.69, 9.17) is 27.9 Å². The molecule has 2 fully saturated rings. The van der Waals surface area contributed by atoms with Crippen molar-refractivity contribution >= 4 is 44.8 Å². The van der Waals surface area contributed by atoms with Crippen LogP contribution in [-0.4, -0.2) is 69.4 Å². The predicted octanol–water partition coefficient (Wildman–Crippen LogP) is 3.51. The number of carbonyl (C=O) groups excluding carboxylic acids is 1. The van der Waals surface area contributed by atoms with E-state index in [2.05, 4.69) is 4.90 Å². The minimum Gasteiger partial charge on any atom is -0.482 e. The second kappa shape index (κ2) is 9.87. The first kappa shape index (κ1) is 23.2. The van der Waals surface area contributed by atoms with Crippen molar-refractivity contribution in [1.29, 1.82) is 0 Å². The standard InChI is InChI=1S/C22H25Cl2N3O4S/c23-17-4-3-5-18(14-17)25-10-12-26(13-11-25)22(28)16-31-21-7-6-19(15-20(21)24)32(29,30)27-8-1-2-9-27/h3-7,14-15H,1-2,8-13,16H2. The van der Waals surface area contributed by atoms with Gasteiger partial charge in [0.15, 0.2) is 6.61 Å². The SMILES string of the molecule is O=C(COc1ccc(S(=O)(=O)N2CCCC2)cc1Cl)N1CCN(c2cccc(Cl)c2)CC1. The number of ether oxygens (including phenoxy) is 1. The van der Waals surface area contributed by atoms with Crippen molar-refractivity contribution in [1.82, 2.24) is 9.21 Å². The second-order valence-corrected chi connectivity index (χ2v) is 10.6. The molecule has 2 aromatic rings. The minimum atomic E-state index is -3.55. The lowest BCUT2D eigenvalue weighted by Crippen LogP contribution is -2.50. The van der Waals surface area contributed by atoms with Crippen LogP contribution in [0.5, 0.6) is 5.75 Å². The number of anilines is 1. The van der Waals surface area contributed by atoms with Crippen molar-refractivity contribution in [3.8, 4) is 5.75 Å². The summed E-state index contributed by atoms with van der Waals surface area (Å²) in [5, 5.41) is 0.856. The molecule has 2 aliphatic heterocycles. The molecular formula is C22H25Cl2N3O4S. The van der Waals surface area contributed by atoms with Crippen molar-refractivity contribution in [3.63, 3.8) is 0 Å². The van der Waals surface area contributed by atoms with E-state index in [1.165, 1.54) is 22.5 Å². The van der Waals surface area contributed by atoms with Crippen LogP contribution in [0.4, 0.5) is 5.69 Å². The Morgan fingerprint density at radius 2 is 1.66 bits per heavy atom. The van der Waals surface area contributed by atoms with Gasteiger partial charge in [-0.15, -0.1) is 0 Å². The Morgan fingerprint density at radius 1 is 0.938 bits per heavy atom.